The molecular weight excluding hydrogens is 471 g/mol. The van der Waals surface area contributed by atoms with E-state index in [4.69, 9.17) is 21.1 Å². The van der Waals surface area contributed by atoms with Crippen LogP contribution in [0.25, 0.3) is 0 Å². The number of halogens is 2. The summed E-state index contributed by atoms with van der Waals surface area (Å²) < 4.78 is 24.2. The van der Waals surface area contributed by atoms with Crippen molar-refractivity contribution in [3.05, 3.63) is 64.4 Å². The van der Waals surface area contributed by atoms with Crippen LogP contribution < -0.4 is 10.1 Å². The van der Waals surface area contributed by atoms with Crippen LogP contribution in [0.4, 0.5) is 4.39 Å². The average Bonchev–Trinajstić information content (AvgIpc) is 2.81. The molecule has 0 radical (unpaired) electrons. The molecule has 2 aromatic rings. The van der Waals surface area contributed by atoms with Gasteiger partial charge in [-0.25, -0.2) is 4.39 Å². The van der Waals surface area contributed by atoms with E-state index in [1.165, 1.54) is 30.9 Å². The Labute approximate surface area is 212 Å². The van der Waals surface area contributed by atoms with Gasteiger partial charge in [-0.05, 0) is 49.9 Å². The lowest BCUT2D eigenvalue weighted by Gasteiger charge is -2.43. The van der Waals surface area contributed by atoms with Crippen molar-refractivity contribution in [3.8, 4) is 5.75 Å². The highest BCUT2D eigenvalue weighted by molar-refractivity contribution is 6.30. The van der Waals surface area contributed by atoms with E-state index in [9.17, 15) is 14.3 Å². The summed E-state index contributed by atoms with van der Waals surface area (Å²) in [4.78, 5) is 14.1. The summed E-state index contributed by atoms with van der Waals surface area (Å²) in [7, 11) is 1.30. The lowest BCUT2D eigenvalue weighted by Crippen LogP contribution is -2.55. The van der Waals surface area contributed by atoms with E-state index in [1.807, 2.05) is 12.1 Å². The Bertz CT molecular complexity index is 986. The van der Waals surface area contributed by atoms with Crippen molar-refractivity contribution < 1.29 is 23.8 Å². The molecule has 0 amide bonds. The molecular formula is C27H36ClFN2O4. The number of piperidine rings is 1. The van der Waals surface area contributed by atoms with Crippen LogP contribution in [0.1, 0.15) is 38.3 Å². The van der Waals surface area contributed by atoms with Crippen molar-refractivity contribution in [2.24, 2.45) is 5.92 Å². The molecule has 0 aromatic heterocycles. The minimum atomic E-state index is -1.18. The molecule has 2 aromatic carbocycles. The topological polar surface area (TPSA) is 71.0 Å². The van der Waals surface area contributed by atoms with Crippen LogP contribution in [0.2, 0.25) is 5.02 Å². The molecule has 1 saturated heterocycles. The van der Waals surface area contributed by atoms with Crippen molar-refractivity contribution in [1.29, 1.82) is 0 Å². The highest BCUT2D eigenvalue weighted by Crippen LogP contribution is 2.26. The second-order valence-corrected chi connectivity index (χ2v) is 10.3. The van der Waals surface area contributed by atoms with Gasteiger partial charge in [0.15, 0.2) is 0 Å². The number of likely N-dealkylation sites (tertiary alicyclic amines) is 1. The quantitative estimate of drug-likeness (QED) is 0.470. The second kappa shape index (κ2) is 12.2. The van der Waals surface area contributed by atoms with Crippen LogP contribution in [0, 0.1) is 11.7 Å². The number of hydrogen-bond donors (Lipinski definition) is 2. The van der Waals surface area contributed by atoms with E-state index in [2.05, 4.69) is 36.2 Å². The van der Waals surface area contributed by atoms with Gasteiger partial charge in [0.1, 0.15) is 23.8 Å². The number of methoxy groups -OCH3 is 1. The first-order valence-corrected chi connectivity index (χ1v) is 12.4. The van der Waals surface area contributed by atoms with Crippen molar-refractivity contribution in [2.75, 3.05) is 26.8 Å². The Kier molecular flexibility index (Phi) is 9.53. The maximum atomic E-state index is 13.8. The lowest BCUT2D eigenvalue weighted by molar-refractivity contribution is -0.139. The molecule has 0 aliphatic carbocycles. The Balaban J connectivity index is 1.52. The fraction of sp³-hybridized carbons (Fsp3) is 0.519. The number of nitrogens with zero attached hydrogens (tertiary/aromatic N) is 1. The first-order chi connectivity index (χ1) is 16.6. The maximum Gasteiger partial charge on any atom is 0.310 e. The number of hydrogen-bond acceptors (Lipinski definition) is 6. The molecule has 3 rings (SSSR count). The molecule has 0 spiro atoms. The molecule has 2 N–H and O–H groups in total. The summed E-state index contributed by atoms with van der Waals surface area (Å²) in [5.74, 6) is -0.293. The van der Waals surface area contributed by atoms with E-state index in [0.717, 1.165) is 24.5 Å². The van der Waals surface area contributed by atoms with Crippen LogP contribution in [0.3, 0.4) is 0 Å². The lowest BCUT2D eigenvalue weighted by atomic mass is 9.88. The Morgan fingerprint density at radius 3 is 2.66 bits per heavy atom. The number of nitrogens with one attached hydrogen (secondary N) is 1. The number of esters is 1. The number of benzene rings is 2. The molecule has 1 aliphatic rings. The molecule has 1 heterocycles. The van der Waals surface area contributed by atoms with E-state index in [0.29, 0.717) is 24.1 Å². The van der Waals surface area contributed by atoms with E-state index < -0.39 is 17.4 Å². The van der Waals surface area contributed by atoms with Gasteiger partial charge in [-0.2, -0.15) is 0 Å². The molecule has 4 atom stereocenters. The third kappa shape index (κ3) is 8.17. The zero-order chi connectivity index (χ0) is 25.6. The first-order valence-electron chi connectivity index (χ1n) is 12.0. The maximum absolute atomic E-state index is 13.8. The van der Waals surface area contributed by atoms with Gasteiger partial charge in [-0.3, -0.25) is 9.69 Å². The minimum Gasteiger partial charge on any atom is -0.490 e. The van der Waals surface area contributed by atoms with Gasteiger partial charge in [0.2, 0.25) is 0 Å². The van der Waals surface area contributed by atoms with Crippen LogP contribution in [-0.2, 0) is 22.5 Å². The summed E-state index contributed by atoms with van der Waals surface area (Å²) in [6, 6.07) is 12.6. The predicted octanol–water partition coefficient (Wildman–Crippen LogP) is 4.21. The number of aliphatic hydroxyl groups is 1. The fourth-order valence-electron chi connectivity index (χ4n) is 4.43. The van der Waals surface area contributed by atoms with Crippen molar-refractivity contribution in [3.63, 3.8) is 0 Å². The van der Waals surface area contributed by atoms with Crippen molar-refractivity contribution in [2.45, 2.75) is 57.8 Å². The third-order valence-electron chi connectivity index (χ3n) is 6.60. The first kappa shape index (κ1) is 27.4. The monoisotopic (exact) mass is 506 g/mol. The number of ether oxygens (including phenoxy) is 2. The fourth-order valence-corrected chi connectivity index (χ4v) is 4.55. The van der Waals surface area contributed by atoms with Gasteiger partial charge < -0.3 is 19.9 Å². The molecule has 1 unspecified atom stereocenters. The van der Waals surface area contributed by atoms with E-state index in [-0.39, 0.29) is 24.8 Å². The molecule has 8 heteroatoms. The van der Waals surface area contributed by atoms with Crippen molar-refractivity contribution in [1.82, 2.24) is 10.2 Å². The Morgan fingerprint density at radius 2 is 1.97 bits per heavy atom. The van der Waals surface area contributed by atoms with Gasteiger partial charge in [-0.15, -0.1) is 0 Å². The summed E-state index contributed by atoms with van der Waals surface area (Å²) in [6.45, 7) is 8.23. The average molecular weight is 507 g/mol. The summed E-state index contributed by atoms with van der Waals surface area (Å²) in [5.41, 5.74) is 0.569. The summed E-state index contributed by atoms with van der Waals surface area (Å²) in [5, 5.41) is 15.2. The van der Waals surface area contributed by atoms with Crippen molar-refractivity contribution >= 4 is 17.6 Å². The van der Waals surface area contributed by atoms with Gasteiger partial charge in [0.25, 0.3) is 0 Å². The zero-order valence-corrected chi connectivity index (χ0v) is 21.6. The predicted molar refractivity (Wildman–Crippen MR) is 135 cm³/mol. The SMILES string of the molecule is COC(=O)Cc1ccc(F)cc1OC[C@@](C)(O)CNC1C[C@@H](C)N(Cc2ccc(Cl)cc2)C[C@@H]1C. The molecule has 35 heavy (non-hydrogen) atoms. The molecule has 0 bridgehead atoms. The molecule has 1 fully saturated rings. The van der Waals surface area contributed by atoms with Gasteiger partial charge in [0.05, 0.1) is 13.5 Å². The van der Waals surface area contributed by atoms with Gasteiger partial charge in [-0.1, -0.05) is 36.7 Å². The third-order valence-corrected chi connectivity index (χ3v) is 6.85. The number of carbonyl (C=O) groups excluding carboxylic acids is 1. The van der Waals surface area contributed by atoms with Crippen LogP contribution in [-0.4, -0.2) is 60.5 Å². The number of carbonyl (C=O) groups is 1. The highest BCUT2D eigenvalue weighted by atomic mass is 35.5. The smallest absolute Gasteiger partial charge is 0.310 e. The standard InChI is InChI=1S/C27H36ClFN2O4/c1-18-14-31(15-20-5-8-22(28)9-6-20)19(2)11-24(18)30-16-27(3,33)17-35-25-13-23(29)10-7-21(25)12-26(32)34-4/h5-10,13,18-19,24,30,33H,11-12,14-17H2,1-4H3/t18-,19+,24?,27-/m0/s1. The summed E-state index contributed by atoms with van der Waals surface area (Å²) >= 11 is 6.01. The zero-order valence-electron chi connectivity index (χ0n) is 20.9. The van der Waals surface area contributed by atoms with E-state index in [1.54, 1.807) is 6.92 Å². The second-order valence-electron chi connectivity index (χ2n) is 9.90. The van der Waals surface area contributed by atoms with Crippen LogP contribution in [0.5, 0.6) is 5.75 Å². The highest BCUT2D eigenvalue weighted by Gasteiger charge is 2.32. The van der Waals surface area contributed by atoms with Gasteiger partial charge in [0, 0.05) is 48.4 Å². The Hall–Kier alpha value is -2.19. The van der Waals surface area contributed by atoms with Crippen LogP contribution >= 0.6 is 11.6 Å². The molecule has 6 nitrogen and oxygen atoms in total. The van der Waals surface area contributed by atoms with E-state index >= 15 is 0 Å². The number of rotatable bonds is 10. The molecule has 0 saturated carbocycles. The normalized spacial score (nSPS) is 22.4. The molecule has 192 valence electrons. The van der Waals surface area contributed by atoms with Gasteiger partial charge >= 0.3 is 5.97 Å². The minimum absolute atomic E-state index is 0.0312. The Morgan fingerprint density at radius 1 is 1.26 bits per heavy atom. The molecule has 1 aliphatic heterocycles. The summed E-state index contributed by atoms with van der Waals surface area (Å²) in [6.07, 6.45) is 0.926. The largest absolute Gasteiger partial charge is 0.490 e. The van der Waals surface area contributed by atoms with Crippen LogP contribution in [0.15, 0.2) is 42.5 Å².